The van der Waals surface area contributed by atoms with Crippen LogP contribution in [0.4, 0.5) is 20.2 Å². The lowest BCUT2D eigenvalue weighted by Gasteiger charge is -2.36. The first-order valence-electron chi connectivity index (χ1n) is 14.3. The van der Waals surface area contributed by atoms with Gasteiger partial charge in [0.2, 0.25) is 5.91 Å². The van der Waals surface area contributed by atoms with Gasteiger partial charge in [-0.1, -0.05) is 6.07 Å². The van der Waals surface area contributed by atoms with Gasteiger partial charge in [-0.2, -0.15) is 5.10 Å². The van der Waals surface area contributed by atoms with Crippen molar-refractivity contribution >= 4 is 17.3 Å². The number of anilines is 2. The maximum atomic E-state index is 14.5. The van der Waals surface area contributed by atoms with Crippen LogP contribution in [0.3, 0.4) is 0 Å². The normalized spacial score (nSPS) is 17.9. The number of nitrogens with zero attached hydrogens (tertiary/aromatic N) is 5. The number of carbonyl (C=O) groups excluding carboxylic acids is 1. The monoisotopic (exact) mass is 549 g/mol. The van der Waals surface area contributed by atoms with Crippen molar-refractivity contribution in [3.8, 4) is 11.1 Å². The second-order valence-electron chi connectivity index (χ2n) is 11.4. The van der Waals surface area contributed by atoms with Crippen LogP contribution in [-0.2, 0) is 31.4 Å². The van der Waals surface area contributed by atoms with E-state index < -0.39 is 6.43 Å². The minimum Gasteiger partial charge on any atom is -0.395 e. The van der Waals surface area contributed by atoms with Gasteiger partial charge in [0.1, 0.15) is 0 Å². The van der Waals surface area contributed by atoms with Crippen molar-refractivity contribution < 1.29 is 18.7 Å². The molecule has 1 saturated heterocycles. The quantitative estimate of drug-likeness (QED) is 0.461. The Labute approximate surface area is 234 Å². The number of aliphatic hydroxyl groups excluding tert-OH is 1. The van der Waals surface area contributed by atoms with E-state index in [2.05, 4.69) is 27.0 Å². The lowest BCUT2D eigenvalue weighted by molar-refractivity contribution is -0.129. The molecule has 3 aliphatic heterocycles. The van der Waals surface area contributed by atoms with Crippen molar-refractivity contribution in [2.45, 2.75) is 58.0 Å². The van der Waals surface area contributed by atoms with Gasteiger partial charge in [-0.15, -0.1) is 0 Å². The van der Waals surface area contributed by atoms with Gasteiger partial charge >= 0.3 is 0 Å². The number of aliphatic hydroxyl groups is 1. The third-order valence-electron chi connectivity index (χ3n) is 8.88. The molecule has 1 aromatic heterocycles. The van der Waals surface area contributed by atoms with Crippen molar-refractivity contribution in [2.75, 3.05) is 37.7 Å². The van der Waals surface area contributed by atoms with Crippen LogP contribution in [0.5, 0.6) is 0 Å². The third-order valence-corrected chi connectivity index (χ3v) is 8.88. The number of fused-ring (bicyclic) bond motifs is 2. The largest absolute Gasteiger partial charge is 0.395 e. The van der Waals surface area contributed by atoms with E-state index in [1.807, 2.05) is 11.0 Å². The zero-order valence-corrected chi connectivity index (χ0v) is 23.2. The number of hydrogen-bond acceptors (Lipinski definition) is 5. The SMILES string of the molecule is CC(=O)N1Cc2cc(C3CCN(CCO)CC3)cc(N3CCCc4cc(-c5cnn(C)c5)c(C(F)F)cc43)c2C1. The molecule has 9 heteroatoms. The van der Waals surface area contributed by atoms with Gasteiger partial charge in [-0.25, -0.2) is 8.78 Å². The molecule has 0 radical (unpaired) electrons. The predicted molar refractivity (Wildman–Crippen MR) is 151 cm³/mol. The number of amides is 1. The number of rotatable bonds is 6. The molecule has 4 heterocycles. The summed E-state index contributed by atoms with van der Waals surface area (Å²) in [5, 5.41) is 13.6. The zero-order chi connectivity index (χ0) is 28.0. The van der Waals surface area contributed by atoms with Crippen molar-refractivity contribution in [3.05, 3.63) is 64.5 Å². The van der Waals surface area contributed by atoms with Gasteiger partial charge in [-0.05, 0) is 85.1 Å². The fourth-order valence-corrected chi connectivity index (χ4v) is 6.74. The van der Waals surface area contributed by atoms with E-state index in [9.17, 15) is 18.7 Å². The number of likely N-dealkylation sites (tertiary alicyclic amines) is 1. The highest BCUT2D eigenvalue weighted by molar-refractivity contribution is 5.80. The third kappa shape index (κ3) is 5.01. The highest BCUT2D eigenvalue weighted by Crippen LogP contribution is 2.45. The molecule has 2 aromatic carbocycles. The first-order chi connectivity index (χ1) is 19.3. The summed E-state index contributed by atoms with van der Waals surface area (Å²) in [7, 11) is 1.79. The summed E-state index contributed by atoms with van der Waals surface area (Å²) in [5.41, 5.74) is 7.76. The highest BCUT2D eigenvalue weighted by atomic mass is 19.3. The molecule has 6 rings (SSSR count). The number of aryl methyl sites for hydroxylation is 2. The Kier molecular flexibility index (Phi) is 7.35. The molecule has 0 aliphatic carbocycles. The molecular formula is C31H37F2N5O2. The molecular weight excluding hydrogens is 512 g/mol. The number of aromatic nitrogens is 2. The molecule has 0 bridgehead atoms. The Hall–Kier alpha value is -3.30. The Bertz CT molecular complexity index is 1410. The Morgan fingerprint density at radius 1 is 1.07 bits per heavy atom. The molecule has 1 N–H and O–H groups in total. The molecule has 3 aromatic rings. The van der Waals surface area contributed by atoms with Crippen molar-refractivity contribution in [3.63, 3.8) is 0 Å². The predicted octanol–water partition coefficient (Wildman–Crippen LogP) is 5.14. The number of β-amino-alcohol motifs (C(OH)–C–C–N with tert-alkyl or cyclic N) is 1. The van der Waals surface area contributed by atoms with Crippen LogP contribution in [0.25, 0.3) is 11.1 Å². The number of piperidine rings is 1. The van der Waals surface area contributed by atoms with Crippen molar-refractivity contribution in [1.29, 1.82) is 0 Å². The van der Waals surface area contributed by atoms with Crippen LogP contribution in [0.2, 0.25) is 0 Å². The number of benzene rings is 2. The fraction of sp³-hybridized carbons (Fsp3) is 0.484. The molecule has 3 aliphatic rings. The minimum absolute atomic E-state index is 0.0214. The maximum absolute atomic E-state index is 14.5. The number of halogens is 2. The van der Waals surface area contributed by atoms with Crippen molar-refractivity contribution in [1.82, 2.24) is 19.6 Å². The molecule has 1 amide bonds. The average Bonchev–Trinajstić information content (AvgIpc) is 3.58. The minimum atomic E-state index is -2.61. The zero-order valence-electron chi connectivity index (χ0n) is 23.2. The molecule has 7 nitrogen and oxygen atoms in total. The molecule has 1 fully saturated rings. The molecule has 212 valence electrons. The summed E-state index contributed by atoms with van der Waals surface area (Å²) in [6, 6.07) is 8.16. The fourth-order valence-electron chi connectivity index (χ4n) is 6.74. The summed E-state index contributed by atoms with van der Waals surface area (Å²) in [4.78, 5) is 18.8. The van der Waals surface area contributed by atoms with E-state index in [-0.39, 0.29) is 18.1 Å². The summed E-state index contributed by atoms with van der Waals surface area (Å²) in [6.07, 6.45) is 4.58. The molecule has 40 heavy (non-hydrogen) atoms. The van der Waals surface area contributed by atoms with E-state index in [0.717, 1.165) is 73.4 Å². The van der Waals surface area contributed by atoms with Gasteiger partial charge in [0.15, 0.2) is 0 Å². The number of carbonyl (C=O) groups is 1. The summed E-state index contributed by atoms with van der Waals surface area (Å²) >= 11 is 0. The van der Waals surface area contributed by atoms with Gasteiger partial charge in [-0.3, -0.25) is 9.48 Å². The standard InChI is InChI=1S/C31H37F2N5O2/c1-20(40)37-18-24-12-23(21-5-8-36(9-6-21)10-11-39)14-30(28(24)19-37)38-7-3-4-22-13-26(25-16-34-35(2)17-25)27(31(32)33)15-29(22)38/h12-17,21,31,39H,3-11,18-19H2,1-2H3. The van der Waals surface area contributed by atoms with E-state index >= 15 is 0 Å². The second-order valence-corrected chi connectivity index (χ2v) is 11.4. The molecule has 0 saturated carbocycles. The Balaban J connectivity index is 1.42. The summed E-state index contributed by atoms with van der Waals surface area (Å²) in [5.74, 6) is 0.431. The van der Waals surface area contributed by atoms with E-state index in [1.165, 1.54) is 5.56 Å². The Morgan fingerprint density at radius 2 is 1.88 bits per heavy atom. The maximum Gasteiger partial charge on any atom is 0.264 e. The van der Waals surface area contributed by atoms with Crippen molar-refractivity contribution in [2.24, 2.45) is 7.05 Å². The van der Waals surface area contributed by atoms with E-state index in [4.69, 9.17) is 0 Å². The topological polar surface area (TPSA) is 64.8 Å². The molecule has 0 atom stereocenters. The number of alkyl halides is 2. The van der Waals surface area contributed by atoms with Crippen LogP contribution in [0.15, 0.2) is 36.7 Å². The average molecular weight is 550 g/mol. The summed E-state index contributed by atoms with van der Waals surface area (Å²) in [6.45, 7) is 6.23. The van der Waals surface area contributed by atoms with Crippen LogP contribution < -0.4 is 4.90 Å². The summed E-state index contributed by atoms with van der Waals surface area (Å²) < 4.78 is 30.6. The van der Waals surface area contributed by atoms with Crippen LogP contribution >= 0.6 is 0 Å². The Morgan fingerprint density at radius 3 is 2.55 bits per heavy atom. The first kappa shape index (κ1) is 26.9. The van der Waals surface area contributed by atoms with Crippen LogP contribution in [0, 0.1) is 0 Å². The van der Waals surface area contributed by atoms with E-state index in [1.54, 1.807) is 37.1 Å². The molecule has 0 unspecified atom stereocenters. The second kappa shape index (κ2) is 10.9. The number of hydrogen-bond donors (Lipinski definition) is 1. The lowest BCUT2D eigenvalue weighted by atomic mass is 9.86. The first-order valence-corrected chi connectivity index (χ1v) is 14.3. The van der Waals surface area contributed by atoms with Crippen LogP contribution in [0.1, 0.15) is 66.3 Å². The van der Waals surface area contributed by atoms with Crippen LogP contribution in [-0.4, -0.2) is 63.4 Å². The highest BCUT2D eigenvalue weighted by Gasteiger charge is 2.32. The van der Waals surface area contributed by atoms with Gasteiger partial charge in [0.25, 0.3) is 6.43 Å². The van der Waals surface area contributed by atoms with Gasteiger partial charge in [0, 0.05) is 74.4 Å². The van der Waals surface area contributed by atoms with Gasteiger partial charge < -0.3 is 19.8 Å². The van der Waals surface area contributed by atoms with E-state index in [0.29, 0.717) is 36.7 Å². The lowest BCUT2D eigenvalue weighted by Crippen LogP contribution is -2.35. The molecule has 0 spiro atoms. The van der Waals surface area contributed by atoms with Gasteiger partial charge in [0.05, 0.1) is 12.8 Å². The smallest absolute Gasteiger partial charge is 0.264 e.